The van der Waals surface area contributed by atoms with Gasteiger partial charge in [-0.05, 0) is 100 Å². The molecule has 1 saturated heterocycles. The van der Waals surface area contributed by atoms with E-state index < -0.39 is 0 Å². The molecule has 2 aliphatic rings. The van der Waals surface area contributed by atoms with Crippen LogP contribution in [0.15, 0.2) is 48.5 Å². The van der Waals surface area contributed by atoms with Crippen LogP contribution in [0.2, 0.25) is 5.02 Å². The van der Waals surface area contributed by atoms with E-state index in [0.717, 1.165) is 56.0 Å². The van der Waals surface area contributed by atoms with Crippen LogP contribution in [0.1, 0.15) is 74.2 Å². The molecule has 0 spiro atoms. The van der Waals surface area contributed by atoms with Crippen molar-refractivity contribution in [1.82, 2.24) is 30.4 Å². The van der Waals surface area contributed by atoms with E-state index in [1.54, 1.807) is 0 Å². The van der Waals surface area contributed by atoms with Gasteiger partial charge in [-0.15, -0.1) is 10.2 Å². The van der Waals surface area contributed by atoms with Crippen molar-refractivity contribution >= 4 is 11.6 Å². The minimum atomic E-state index is -0.0918. The van der Waals surface area contributed by atoms with E-state index >= 15 is 0 Å². The average Bonchev–Trinajstić information content (AvgIpc) is 3.73. The van der Waals surface area contributed by atoms with Gasteiger partial charge in [0.1, 0.15) is 23.4 Å². The second-order valence-electron chi connectivity index (χ2n) is 13.3. The Morgan fingerprint density at radius 1 is 1.06 bits per heavy atom. The molecule has 1 fully saturated rings. The number of aromatic amines is 1. The van der Waals surface area contributed by atoms with Gasteiger partial charge < -0.3 is 19.1 Å². The number of hydrogen-bond donors (Lipinski definition) is 1. The Bertz CT molecular complexity index is 1660. The topological polar surface area (TPSA) is 88.6 Å². The molecule has 0 saturated carbocycles. The zero-order chi connectivity index (χ0) is 33.0. The van der Waals surface area contributed by atoms with E-state index in [1.165, 1.54) is 40.8 Å². The van der Waals surface area contributed by atoms with E-state index in [-0.39, 0.29) is 6.10 Å². The first-order chi connectivity index (χ1) is 22.7. The van der Waals surface area contributed by atoms with Gasteiger partial charge in [-0.25, -0.2) is 0 Å². The Kier molecular flexibility index (Phi) is 10.3. The molecule has 1 aliphatic carbocycles. The van der Waals surface area contributed by atoms with Gasteiger partial charge in [0.05, 0.1) is 18.2 Å². The maximum atomic E-state index is 6.86. The molecule has 9 nitrogen and oxygen atoms in total. The Labute approximate surface area is 283 Å². The fourth-order valence-electron chi connectivity index (χ4n) is 6.80. The summed E-state index contributed by atoms with van der Waals surface area (Å²) in [6.45, 7) is 13.8. The Hall–Kier alpha value is -3.66. The van der Waals surface area contributed by atoms with E-state index in [1.807, 2.05) is 19.1 Å². The molecule has 1 aromatic heterocycles. The molecule has 0 unspecified atom stereocenters. The summed E-state index contributed by atoms with van der Waals surface area (Å²) in [6, 6.07) is 16.9. The first-order valence-corrected chi connectivity index (χ1v) is 17.2. The average molecular weight is 659 g/mol. The lowest BCUT2D eigenvalue weighted by Gasteiger charge is -2.48. The van der Waals surface area contributed by atoms with Crippen molar-refractivity contribution in [3.63, 3.8) is 0 Å². The normalized spacial score (nSPS) is 17.0. The Morgan fingerprint density at radius 2 is 1.89 bits per heavy atom. The van der Waals surface area contributed by atoms with Gasteiger partial charge in [-0.1, -0.05) is 47.1 Å². The van der Waals surface area contributed by atoms with Crippen molar-refractivity contribution in [2.45, 2.75) is 78.0 Å². The highest BCUT2D eigenvalue weighted by atomic mass is 35.5. The summed E-state index contributed by atoms with van der Waals surface area (Å²) in [5.41, 5.74) is 7.53. The zero-order valence-corrected chi connectivity index (χ0v) is 29.1. The predicted molar refractivity (Wildman–Crippen MR) is 186 cm³/mol. The molecule has 0 radical (unpaired) electrons. The van der Waals surface area contributed by atoms with Gasteiger partial charge in [-0.3, -0.25) is 4.90 Å². The van der Waals surface area contributed by atoms with Crippen molar-refractivity contribution in [2.24, 2.45) is 0 Å². The zero-order valence-electron chi connectivity index (χ0n) is 28.3. The summed E-state index contributed by atoms with van der Waals surface area (Å²) in [6.07, 6.45) is 4.73. The van der Waals surface area contributed by atoms with Gasteiger partial charge in [0, 0.05) is 49.8 Å². The molecule has 2 heterocycles. The molecule has 3 aromatic carbocycles. The third-order valence-corrected chi connectivity index (χ3v) is 10.00. The van der Waals surface area contributed by atoms with Crippen LogP contribution in [0.5, 0.6) is 17.2 Å². The smallest absolute Gasteiger partial charge is 0.175 e. The highest BCUT2D eigenvalue weighted by Gasteiger charge is 2.35. The third-order valence-electron chi connectivity index (χ3n) is 9.70. The fraction of sp³-hybridized carbons (Fsp3) is 0.486. The van der Waals surface area contributed by atoms with Crippen LogP contribution in [0, 0.1) is 6.92 Å². The van der Waals surface area contributed by atoms with E-state index in [4.69, 9.17) is 25.8 Å². The minimum absolute atomic E-state index is 0.0918. The van der Waals surface area contributed by atoms with Gasteiger partial charge >= 0.3 is 0 Å². The number of likely N-dealkylation sites (N-methyl/N-ethyl adjacent to an activating group) is 1. The van der Waals surface area contributed by atoms with Crippen LogP contribution < -0.4 is 14.2 Å². The number of tetrazole rings is 1. The molecule has 47 heavy (non-hydrogen) atoms. The number of hydrogen-bond acceptors (Lipinski definition) is 8. The van der Waals surface area contributed by atoms with Gasteiger partial charge in [0.25, 0.3) is 0 Å². The number of H-pyrrole nitrogens is 1. The molecule has 0 amide bonds. The van der Waals surface area contributed by atoms with Crippen LogP contribution in [0.25, 0.3) is 11.1 Å². The number of rotatable bonds is 15. The number of nitrogens with one attached hydrogen (secondary N) is 1. The molecule has 10 heteroatoms. The number of likely N-dealkylation sites (tertiary alicyclic amines) is 1. The highest BCUT2D eigenvalue weighted by molar-refractivity contribution is 6.32. The standard InChI is InChI=1S/C37H47ClN6O3/c1-6-45-34-23-35(31(38)22-26(34)24-43(5)19-16-36-39-41-42-40-36)47-33-15-14-29-28(11-7-12-30(29)33)27-10-8-13-32(25(27)2)46-21-9-18-44-20-17-37(44,3)4/h7-8,10-13,22-23,33H,6,9,14-21,24H2,1-5H3,(H,39,40,41,42)/t33-/m0/s1. The molecule has 1 N–H and O–H groups in total. The summed E-state index contributed by atoms with van der Waals surface area (Å²) in [7, 11) is 2.06. The lowest BCUT2D eigenvalue weighted by molar-refractivity contribution is 0.0123. The highest BCUT2D eigenvalue weighted by Crippen LogP contribution is 2.44. The first kappa shape index (κ1) is 33.2. The van der Waals surface area contributed by atoms with Crippen LogP contribution in [-0.2, 0) is 19.4 Å². The predicted octanol–water partition coefficient (Wildman–Crippen LogP) is 7.22. The first-order valence-electron chi connectivity index (χ1n) is 16.9. The number of nitrogens with zero attached hydrogens (tertiary/aromatic N) is 5. The fourth-order valence-corrected chi connectivity index (χ4v) is 7.04. The number of fused-ring (bicyclic) bond motifs is 1. The summed E-state index contributed by atoms with van der Waals surface area (Å²) >= 11 is 6.86. The maximum absolute atomic E-state index is 6.86. The molecule has 6 rings (SSSR count). The van der Waals surface area contributed by atoms with Crippen LogP contribution >= 0.6 is 11.6 Å². The molecule has 1 atom stereocenters. The molecular formula is C37H47ClN6O3. The number of aromatic nitrogens is 4. The summed E-state index contributed by atoms with van der Waals surface area (Å²) < 4.78 is 19.0. The third kappa shape index (κ3) is 7.58. The van der Waals surface area contributed by atoms with Crippen molar-refractivity contribution < 1.29 is 14.2 Å². The summed E-state index contributed by atoms with van der Waals surface area (Å²) in [5, 5.41) is 14.8. The molecule has 1 aliphatic heterocycles. The monoisotopic (exact) mass is 658 g/mol. The van der Waals surface area contributed by atoms with Crippen LogP contribution in [0.4, 0.5) is 0 Å². The summed E-state index contributed by atoms with van der Waals surface area (Å²) in [5.74, 6) is 3.08. The Balaban J connectivity index is 1.14. The lowest BCUT2D eigenvalue weighted by Crippen LogP contribution is -2.55. The molecule has 0 bridgehead atoms. The van der Waals surface area contributed by atoms with Gasteiger partial charge in [0.15, 0.2) is 5.82 Å². The number of halogens is 1. The largest absolute Gasteiger partial charge is 0.493 e. The lowest BCUT2D eigenvalue weighted by atomic mass is 9.89. The van der Waals surface area contributed by atoms with Crippen molar-refractivity contribution in [3.8, 4) is 28.4 Å². The minimum Gasteiger partial charge on any atom is -0.493 e. The quantitative estimate of drug-likeness (QED) is 0.134. The number of ether oxygens (including phenoxy) is 3. The SMILES string of the molecule is CCOc1cc(O[C@H]2CCc3c(-c4cccc(OCCCN5CCC5(C)C)c4C)cccc32)c(Cl)cc1CN(C)CCc1nn[nH]n1. The van der Waals surface area contributed by atoms with E-state index in [0.29, 0.717) is 41.7 Å². The number of benzene rings is 3. The van der Waals surface area contributed by atoms with Crippen molar-refractivity contribution in [2.75, 3.05) is 39.9 Å². The maximum Gasteiger partial charge on any atom is 0.175 e. The van der Waals surface area contributed by atoms with Crippen LogP contribution in [0.3, 0.4) is 0 Å². The second-order valence-corrected chi connectivity index (χ2v) is 13.7. The van der Waals surface area contributed by atoms with Crippen molar-refractivity contribution in [3.05, 3.63) is 81.6 Å². The van der Waals surface area contributed by atoms with E-state index in [2.05, 4.69) is 94.6 Å². The van der Waals surface area contributed by atoms with Crippen molar-refractivity contribution in [1.29, 1.82) is 0 Å². The second kappa shape index (κ2) is 14.6. The molecule has 4 aromatic rings. The van der Waals surface area contributed by atoms with E-state index in [9.17, 15) is 0 Å². The van der Waals surface area contributed by atoms with Crippen LogP contribution in [-0.4, -0.2) is 75.9 Å². The van der Waals surface area contributed by atoms with Gasteiger partial charge in [-0.2, -0.15) is 5.21 Å². The van der Waals surface area contributed by atoms with Gasteiger partial charge in [0.2, 0.25) is 0 Å². The Morgan fingerprint density at radius 3 is 2.64 bits per heavy atom. The summed E-state index contributed by atoms with van der Waals surface area (Å²) in [4.78, 5) is 4.74. The molecular weight excluding hydrogens is 612 g/mol. The molecule has 250 valence electrons.